The van der Waals surface area contributed by atoms with E-state index in [1.54, 1.807) is 6.07 Å². The SMILES string of the molecule is CCCCn1c(=O)c2c(c3cc(C(N)=O)ccc31)CCCCCC2. The topological polar surface area (TPSA) is 65.1 Å². The minimum atomic E-state index is -0.414. The molecule has 1 heterocycles. The molecule has 4 nitrogen and oxygen atoms in total. The number of carbonyl (C=O) groups excluding carboxylic acids is 1. The molecule has 0 radical (unpaired) electrons. The van der Waals surface area contributed by atoms with E-state index in [1.807, 2.05) is 16.7 Å². The van der Waals surface area contributed by atoms with Crippen molar-refractivity contribution in [3.8, 4) is 0 Å². The van der Waals surface area contributed by atoms with E-state index in [4.69, 9.17) is 5.73 Å². The molecule has 0 unspecified atom stereocenters. The van der Waals surface area contributed by atoms with Gasteiger partial charge in [-0.15, -0.1) is 0 Å². The fourth-order valence-electron chi connectivity index (χ4n) is 3.77. The molecule has 2 N–H and O–H groups in total. The molecule has 4 heteroatoms. The first kappa shape index (κ1) is 16.7. The Morgan fingerprint density at radius 3 is 2.50 bits per heavy atom. The van der Waals surface area contributed by atoms with Crippen molar-refractivity contribution in [3.05, 3.63) is 45.2 Å². The quantitative estimate of drug-likeness (QED) is 0.933. The molecule has 3 rings (SSSR count). The smallest absolute Gasteiger partial charge is 0.254 e. The molecular weight excluding hydrogens is 300 g/mol. The average Bonchev–Trinajstić information content (AvgIpc) is 2.54. The molecular formula is C20H26N2O2. The molecule has 1 aliphatic carbocycles. The second-order valence-electron chi connectivity index (χ2n) is 6.78. The summed E-state index contributed by atoms with van der Waals surface area (Å²) in [5.41, 5.74) is 9.21. The van der Waals surface area contributed by atoms with Gasteiger partial charge >= 0.3 is 0 Å². The maximum absolute atomic E-state index is 13.1. The van der Waals surface area contributed by atoms with Crippen LogP contribution in [-0.2, 0) is 19.4 Å². The maximum Gasteiger partial charge on any atom is 0.254 e. The van der Waals surface area contributed by atoms with Gasteiger partial charge in [-0.1, -0.05) is 26.2 Å². The average molecular weight is 326 g/mol. The number of nitrogens with zero attached hydrogens (tertiary/aromatic N) is 1. The van der Waals surface area contributed by atoms with Gasteiger partial charge < -0.3 is 10.3 Å². The number of carbonyl (C=O) groups is 1. The van der Waals surface area contributed by atoms with E-state index in [9.17, 15) is 9.59 Å². The minimum Gasteiger partial charge on any atom is -0.366 e. The lowest BCUT2D eigenvalue weighted by Crippen LogP contribution is -2.27. The second-order valence-corrected chi connectivity index (χ2v) is 6.78. The number of hydrogen-bond donors (Lipinski definition) is 1. The van der Waals surface area contributed by atoms with Crippen LogP contribution in [0.1, 0.15) is 66.9 Å². The highest BCUT2D eigenvalue weighted by Crippen LogP contribution is 2.27. The van der Waals surface area contributed by atoms with E-state index >= 15 is 0 Å². The minimum absolute atomic E-state index is 0.166. The summed E-state index contributed by atoms with van der Waals surface area (Å²) in [7, 11) is 0. The molecule has 0 spiro atoms. The zero-order chi connectivity index (χ0) is 17.1. The first-order valence-electron chi connectivity index (χ1n) is 9.11. The Labute approximate surface area is 142 Å². The summed E-state index contributed by atoms with van der Waals surface area (Å²) in [5, 5.41) is 1.04. The predicted octanol–water partition coefficient (Wildman–Crippen LogP) is 3.56. The van der Waals surface area contributed by atoms with E-state index < -0.39 is 5.91 Å². The van der Waals surface area contributed by atoms with E-state index in [0.29, 0.717) is 5.56 Å². The van der Waals surface area contributed by atoms with Gasteiger partial charge in [-0.05, 0) is 55.9 Å². The van der Waals surface area contributed by atoms with Gasteiger partial charge in [-0.25, -0.2) is 0 Å². The first-order valence-corrected chi connectivity index (χ1v) is 9.11. The molecule has 0 saturated carbocycles. The van der Waals surface area contributed by atoms with Crippen LogP contribution in [0.5, 0.6) is 0 Å². The van der Waals surface area contributed by atoms with E-state index in [-0.39, 0.29) is 5.56 Å². The summed E-state index contributed by atoms with van der Waals surface area (Å²) in [6.45, 7) is 2.86. The van der Waals surface area contributed by atoms with Gasteiger partial charge in [0.1, 0.15) is 0 Å². The zero-order valence-electron chi connectivity index (χ0n) is 14.4. The second kappa shape index (κ2) is 7.20. The van der Waals surface area contributed by atoms with Crippen molar-refractivity contribution in [2.24, 2.45) is 5.73 Å². The molecule has 0 aliphatic heterocycles. The van der Waals surface area contributed by atoms with E-state index in [1.165, 1.54) is 12.8 Å². The summed E-state index contributed by atoms with van der Waals surface area (Å²) in [5.74, 6) is -0.414. The molecule has 0 atom stereocenters. The normalized spacial score (nSPS) is 14.9. The lowest BCUT2D eigenvalue weighted by molar-refractivity contribution is 0.100. The Bertz CT molecular complexity index is 820. The number of aromatic nitrogens is 1. The maximum atomic E-state index is 13.1. The van der Waals surface area contributed by atoms with Crippen LogP contribution in [0, 0.1) is 0 Å². The lowest BCUT2D eigenvalue weighted by atomic mass is 9.90. The number of unbranched alkanes of at least 4 members (excludes halogenated alkanes) is 1. The number of nitrogens with two attached hydrogens (primary N) is 1. The molecule has 0 fully saturated rings. The lowest BCUT2D eigenvalue weighted by Gasteiger charge is -2.20. The highest BCUT2D eigenvalue weighted by Gasteiger charge is 2.18. The molecule has 24 heavy (non-hydrogen) atoms. The van der Waals surface area contributed by atoms with Gasteiger partial charge in [0.05, 0.1) is 5.52 Å². The fourth-order valence-corrected chi connectivity index (χ4v) is 3.77. The van der Waals surface area contributed by atoms with Crippen molar-refractivity contribution >= 4 is 16.8 Å². The van der Waals surface area contributed by atoms with Crippen molar-refractivity contribution in [1.82, 2.24) is 4.57 Å². The molecule has 1 aromatic carbocycles. The fraction of sp³-hybridized carbons (Fsp3) is 0.500. The summed E-state index contributed by atoms with van der Waals surface area (Å²) in [6, 6.07) is 5.52. The number of fused-ring (bicyclic) bond motifs is 3. The molecule has 1 aliphatic rings. The number of pyridine rings is 1. The number of hydrogen-bond acceptors (Lipinski definition) is 2. The van der Waals surface area contributed by atoms with Crippen LogP contribution in [0.2, 0.25) is 0 Å². The summed E-state index contributed by atoms with van der Waals surface area (Å²) >= 11 is 0. The van der Waals surface area contributed by atoms with Gasteiger partial charge in [-0.3, -0.25) is 9.59 Å². The monoisotopic (exact) mass is 326 g/mol. The molecule has 0 bridgehead atoms. The molecule has 128 valence electrons. The Hall–Kier alpha value is -2.10. The van der Waals surface area contributed by atoms with E-state index in [0.717, 1.165) is 67.1 Å². The summed E-state index contributed by atoms with van der Waals surface area (Å²) in [4.78, 5) is 24.7. The third kappa shape index (κ3) is 3.10. The van der Waals surface area contributed by atoms with Crippen LogP contribution in [0.25, 0.3) is 10.9 Å². The van der Waals surface area contributed by atoms with Crippen molar-refractivity contribution in [2.75, 3.05) is 0 Å². The number of amides is 1. The third-order valence-electron chi connectivity index (χ3n) is 5.10. The Morgan fingerprint density at radius 1 is 1.12 bits per heavy atom. The largest absolute Gasteiger partial charge is 0.366 e. The predicted molar refractivity (Wildman–Crippen MR) is 97.5 cm³/mol. The Balaban J connectivity index is 2.30. The zero-order valence-corrected chi connectivity index (χ0v) is 14.4. The first-order chi connectivity index (χ1) is 11.6. The van der Waals surface area contributed by atoms with Crippen LogP contribution in [-0.4, -0.2) is 10.5 Å². The van der Waals surface area contributed by atoms with Crippen molar-refractivity contribution < 1.29 is 4.79 Å². The molecule has 1 amide bonds. The highest BCUT2D eigenvalue weighted by atomic mass is 16.1. The van der Waals surface area contributed by atoms with Crippen LogP contribution in [0.4, 0.5) is 0 Å². The Morgan fingerprint density at radius 2 is 1.83 bits per heavy atom. The summed E-state index contributed by atoms with van der Waals surface area (Å²) in [6.07, 6.45) is 8.34. The highest BCUT2D eigenvalue weighted by molar-refractivity contribution is 5.98. The number of benzene rings is 1. The van der Waals surface area contributed by atoms with Crippen molar-refractivity contribution in [1.29, 1.82) is 0 Å². The van der Waals surface area contributed by atoms with Gasteiger partial charge in [-0.2, -0.15) is 0 Å². The van der Waals surface area contributed by atoms with Crippen LogP contribution >= 0.6 is 0 Å². The number of rotatable bonds is 4. The molecule has 1 aromatic heterocycles. The molecule has 2 aromatic rings. The summed E-state index contributed by atoms with van der Waals surface area (Å²) < 4.78 is 1.91. The van der Waals surface area contributed by atoms with Crippen LogP contribution in [0.15, 0.2) is 23.0 Å². The Kier molecular flexibility index (Phi) is 5.03. The third-order valence-corrected chi connectivity index (χ3v) is 5.10. The van der Waals surface area contributed by atoms with Crippen molar-refractivity contribution in [3.63, 3.8) is 0 Å². The standard InChI is InChI=1S/C20H26N2O2/c1-2-3-12-22-18-11-10-14(19(21)23)13-17(18)15-8-6-4-5-7-9-16(15)20(22)24/h10-11,13H,2-9,12H2,1H3,(H2,21,23). The van der Waals surface area contributed by atoms with Gasteiger partial charge in [0.25, 0.3) is 5.56 Å². The van der Waals surface area contributed by atoms with Crippen LogP contribution in [0.3, 0.4) is 0 Å². The van der Waals surface area contributed by atoms with E-state index in [2.05, 4.69) is 6.92 Å². The van der Waals surface area contributed by atoms with Crippen molar-refractivity contribution in [2.45, 2.75) is 64.8 Å². The van der Waals surface area contributed by atoms with Gasteiger partial charge in [0.2, 0.25) is 5.91 Å². The number of primary amides is 1. The number of aryl methyl sites for hydroxylation is 2. The van der Waals surface area contributed by atoms with Gasteiger partial charge in [0, 0.05) is 23.1 Å². The molecule has 0 saturated heterocycles. The van der Waals surface area contributed by atoms with Gasteiger partial charge in [0.15, 0.2) is 0 Å². The van der Waals surface area contributed by atoms with Crippen LogP contribution < -0.4 is 11.3 Å².